The molecule has 0 saturated carbocycles. The quantitative estimate of drug-likeness (QED) is 0.294. The minimum absolute atomic E-state index is 0.0444. The van der Waals surface area contributed by atoms with Crippen molar-refractivity contribution in [3.63, 3.8) is 0 Å². The molecule has 4 aromatic rings. The van der Waals surface area contributed by atoms with E-state index in [4.69, 9.17) is 33.9 Å². The third-order valence-corrected chi connectivity index (χ3v) is 7.10. The molecule has 1 atom stereocenters. The molecular weight excluding hydrogens is 507 g/mol. The van der Waals surface area contributed by atoms with E-state index >= 15 is 0 Å². The Balaban J connectivity index is 1.91. The molecule has 0 bridgehead atoms. The van der Waals surface area contributed by atoms with Crippen LogP contribution in [0, 0.1) is 5.92 Å². The first kappa shape index (κ1) is 26.9. The van der Waals surface area contributed by atoms with Gasteiger partial charge in [-0.15, -0.1) is 0 Å². The number of amides is 1. The standard InChI is InChI=1S/C29H30Cl2N4O2/c1-19(2)27(35(16-8-14-32)28(36)21-12-13-23(30)24(31)18-21)26-22(17-20-9-4-3-5-10-20)29(37)34-15-7-6-11-25(34)33-26/h3-7,9-13,15,18-19,27H,8,14,16-17,32H2,1-2H3. The van der Waals surface area contributed by atoms with Gasteiger partial charge >= 0.3 is 0 Å². The number of nitrogens with two attached hydrogens (primary N) is 1. The summed E-state index contributed by atoms with van der Waals surface area (Å²) in [6.07, 6.45) is 2.71. The summed E-state index contributed by atoms with van der Waals surface area (Å²) in [4.78, 5) is 34.5. The first-order valence-corrected chi connectivity index (χ1v) is 13.1. The van der Waals surface area contributed by atoms with Gasteiger partial charge < -0.3 is 10.6 Å². The number of nitrogens with zero attached hydrogens (tertiary/aromatic N) is 3. The Morgan fingerprint density at radius 1 is 1.03 bits per heavy atom. The number of carbonyl (C=O) groups is 1. The Morgan fingerprint density at radius 2 is 1.76 bits per heavy atom. The lowest BCUT2D eigenvalue weighted by Crippen LogP contribution is -2.41. The second-order valence-electron chi connectivity index (χ2n) is 9.33. The minimum atomic E-state index is -0.467. The number of hydrogen-bond donors (Lipinski definition) is 1. The Kier molecular flexibility index (Phi) is 8.64. The normalized spacial score (nSPS) is 12.2. The summed E-state index contributed by atoms with van der Waals surface area (Å²) >= 11 is 12.4. The van der Waals surface area contributed by atoms with Crippen molar-refractivity contribution in [2.24, 2.45) is 11.7 Å². The smallest absolute Gasteiger partial charge is 0.261 e. The third-order valence-electron chi connectivity index (χ3n) is 6.36. The van der Waals surface area contributed by atoms with Crippen LogP contribution in [0.15, 0.2) is 77.7 Å². The highest BCUT2D eigenvalue weighted by molar-refractivity contribution is 6.42. The summed E-state index contributed by atoms with van der Waals surface area (Å²) in [6.45, 7) is 4.88. The van der Waals surface area contributed by atoms with E-state index in [0.29, 0.717) is 58.4 Å². The van der Waals surface area contributed by atoms with Gasteiger partial charge in [-0.3, -0.25) is 14.0 Å². The molecule has 192 valence electrons. The fourth-order valence-electron chi connectivity index (χ4n) is 4.60. The lowest BCUT2D eigenvalue weighted by Gasteiger charge is -2.35. The number of aromatic nitrogens is 2. The monoisotopic (exact) mass is 536 g/mol. The predicted octanol–water partition coefficient (Wildman–Crippen LogP) is 5.78. The summed E-state index contributed by atoms with van der Waals surface area (Å²) in [5, 5.41) is 0.681. The van der Waals surface area contributed by atoms with Crippen molar-refractivity contribution in [2.45, 2.75) is 32.7 Å². The maximum absolute atomic E-state index is 13.9. The van der Waals surface area contributed by atoms with E-state index in [1.807, 2.05) is 56.3 Å². The molecule has 2 aromatic heterocycles. The van der Waals surface area contributed by atoms with Crippen molar-refractivity contribution in [3.8, 4) is 0 Å². The first-order valence-electron chi connectivity index (χ1n) is 12.3. The van der Waals surface area contributed by atoms with Gasteiger partial charge in [0.1, 0.15) is 5.65 Å². The molecule has 0 aliphatic rings. The zero-order valence-electron chi connectivity index (χ0n) is 20.9. The van der Waals surface area contributed by atoms with Crippen molar-refractivity contribution in [1.29, 1.82) is 0 Å². The number of benzene rings is 2. The van der Waals surface area contributed by atoms with E-state index in [0.717, 1.165) is 5.56 Å². The summed E-state index contributed by atoms with van der Waals surface area (Å²) in [5.74, 6) is -0.261. The van der Waals surface area contributed by atoms with Crippen LogP contribution in [0.2, 0.25) is 10.0 Å². The molecule has 37 heavy (non-hydrogen) atoms. The van der Waals surface area contributed by atoms with Crippen LogP contribution in [0.1, 0.15) is 53.5 Å². The molecule has 6 nitrogen and oxygen atoms in total. The molecule has 4 rings (SSSR count). The molecule has 2 heterocycles. The molecule has 1 unspecified atom stereocenters. The molecule has 0 spiro atoms. The van der Waals surface area contributed by atoms with Gasteiger partial charge in [0.05, 0.1) is 21.8 Å². The number of carbonyl (C=O) groups excluding carboxylic acids is 1. The zero-order chi connectivity index (χ0) is 26.5. The van der Waals surface area contributed by atoms with Crippen LogP contribution >= 0.6 is 23.2 Å². The molecule has 2 aromatic carbocycles. The second kappa shape index (κ2) is 11.9. The molecule has 0 aliphatic carbocycles. The second-order valence-corrected chi connectivity index (χ2v) is 10.1. The Bertz CT molecular complexity index is 1450. The Hall–Kier alpha value is -3.19. The summed E-state index contributed by atoms with van der Waals surface area (Å²) in [5.41, 5.74) is 8.82. The van der Waals surface area contributed by atoms with Crippen LogP contribution in [-0.2, 0) is 6.42 Å². The lowest BCUT2D eigenvalue weighted by atomic mass is 9.92. The summed E-state index contributed by atoms with van der Waals surface area (Å²) < 4.78 is 1.56. The van der Waals surface area contributed by atoms with Gasteiger partial charge in [0.25, 0.3) is 11.5 Å². The van der Waals surface area contributed by atoms with Crippen LogP contribution in [0.4, 0.5) is 0 Å². The largest absolute Gasteiger partial charge is 0.330 e. The first-order chi connectivity index (χ1) is 17.8. The van der Waals surface area contributed by atoms with Gasteiger partial charge in [-0.25, -0.2) is 4.98 Å². The summed E-state index contributed by atoms with van der Waals surface area (Å²) in [7, 11) is 0. The SMILES string of the molecule is CC(C)C(c1nc2ccccn2c(=O)c1Cc1ccccc1)N(CCCN)C(=O)c1ccc(Cl)c(Cl)c1. The average Bonchev–Trinajstić information content (AvgIpc) is 2.90. The molecule has 2 N–H and O–H groups in total. The average molecular weight is 537 g/mol. The van der Waals surface area contributed by atoms with E-state index in [1.165, 1.54) is 0 Å². The van der Waals surface area contributed by atoms with E-state index in [1.54, 1.807) is 39.8 Å². The van der Waals surface area contributed by atoms with Crippen LogP contribution in [0.3, 0.4) is 0 Å². The van der Waals surface area contributed by atoms with Crippen LogP contribution in [-0.4, -0.2) is 33.3 Å². The fourth-order valence-corrected chi connectivity index (χ4v) is 4.90. The van der Waals surface area contributed by atoms with Gasteiger partial charge in [0.2, 0.25) is 0 Å². The number of hydrogen-bond acceptors (Lipinski definition) is 4. The van der Waals surface area contributed by atoms with Crippen molar-refractivity contribution < 1.29 is 4.79 Å². The highest BCUT2D eigenvalue weighted by atomic mass is 35.5. The van der Waals surface area contributed by atoms with Crippen molar-refractivity contribution in [1.82, 2.24) is 14.3 Å². The Labute approximate surface area is 226 Å². The number of rotatable bonds is 9. The molecule has 1 amide bonds. The van der Waals surface area contributed by atoms with Crippen LogP contribution in [0.25, 0.3) is 5.65 Å². The van der Waals surface area contributed by atoms with Crippen molar-refractivity contribution in [3.05, 3.63) is 116 Å². The Morgan fingerprint density at radius 3 is 2.43 bits per heavy atom. The molecule has 0 radical (unpaired) electrons. The lowest BCUT2D eigenvalue weighted by molar-refractivity contribution is 0.0614. The van der Waals surface area contributed by atoms with Crippen LogP contribution in [0.5, 0.6) is 0 Å². The van der Waals surface area contributed by atoms with E-state index in [9.17, 15) is 9.59 Å². The third kappa shape index (κ3) is 5.87. The van der Waals surface area contributed by atoms with E-state index < -0.39 is 6.04 Å². The number of pyridine rings is 1. The van der Waals surface area contributed by atoms with Crippen molar-refractivity contribution in [2.75, 3.05) is 13.1 Å². The van der Waals surface area contributed by atoms with Gasteiger partial charge in [-0.2, -0.15) is 0 Å². The molecule has 8 heteroatoms. The molecular formula is C29H30Cl2N4O2. The molecule has 0 aliphatic heterocycles. The number of halogens is 2. The minimum Gasteiger partial charge on any atom is -0.330 e. The maximum Gasteiger partial charge on any atom is 0.261 e. The van der Waals surface area contributed by atoms with E-state index in [2.05, 4.69) is 0 Å². The highest BCUT2D eigenvalue weighted by Gasteiger charge is 2.33. The maximum atomic E-state index is 13.9. The van der Waals surface area contributed by atoms with Gasteiger partial charge in [-0.1, -0.05) is 73.4 Å². The predicted molar refractivity (Wildman–Crippen MR) is 149 cm³/mol. The zero-order valence-corrected chi connectivity index (χ0v) is 22.4. The van der Waals surface area contributed by atoms with Gasteiger partial charge in [0.15, 0.2) is 0 Å². The van der Waals surface area contributed by atoms with E-state index in [-0.39, 0.29) is 17.4 Å². The fraction of sp³-hybridized carbons (Fsp3) is 0.276. The van der Waals surface area contributed by atoms with Gasteiger partial charge in [0, 0.05) is 30.3 Å². The topological polar surface area (TPSA) is 80.7 Å². The number of fused-ring (bicyclic) bond motifs is 1. The van der Waals surface area contributed by atoms with Crippen LogP contribution < -0.4 is 11.3 Å². The molecule has 0 fully saturated rings. The highest BCUT2D eigenvalue weighted by Crippen LogP contribution is 2.33. The molecule has 0 saturated heterocycles. The summed E-state index contributed by atoms with van der Waals surface area (Å²) in [6, 6.07) is 19.7. The van der Waals surface area contributed by atoms with Gasteiger partial charge in [-0.05, 0) is 54.8 Å². The van der Waals surface area contributed by atoms with Crippen molar-refractivity contribution >= 4 is 34.8 Å².